The third-order valence-corrected chi connectivity index (χ3v) is 0.991. The summed E-state index contributed by atoms with van der Waals surface area (Å²) in [7, 11) is 1.69. The van der Waals surface area contributed by atoms with Gasteiger partial charge in [0, 0.05) is 7.05 Å². The van der Waals surface area contributed by atoms with Gasteiger partial charge >= 0.3 is 5.97 Å². The molecule has 44 valence electrons. The van der Waals surface area contributed by atoms with Crippen molar-refractivity contribution in [1.29, 1.82) is 0 Å². The predicted octanol–water partition coefficient (Wildman–Crippen LogP) is -0.354. The summed E-state index contributed by atoms with van der Waals surface area (Å²) < 4.78 is 4.56. The second kappa shape index (κ2) is 1.86. The van der Waals surface area contributed by atoms with Crippen LogP contribution in [0.2, 0.25) is 0 Å². The molecule has 3 heteroatoms. The molecule has 1 N–H and O–H groups in total. The molecular formula is C5H7NO2. The van der Waals surface area contributed by atoms with Crippen molar-refractivity contribution in [3.8, 4) is 0 Å². The van der Waals surface area contributed by atoms with E-state index in [9.17, 15) is 4.79 Å². The maximum atomic E-state index is 10.5. The van der Waals surface area contributed by atoms with Gasteiger partial charge in [-0.05, 0) is 6.08 Å². The fraction of sp³-hybridized carbons (Fsp3) is 0.400. The number of cyclic esters (lactones) is 1. The molecule has 1 heterocycles. The first kappa shape index (κ1) is 5.15. The van der Waals surface area contributed by atoms with Crippen molar-refractivity contribution >= 4 is 5.97 Å². The van der Waals surface area contributed by atoms with Crippen LogP contribution < -0.4 is 5.32 Å². The lowest BCUT2D eigenvalue weighted by Crippen LogP contribution is -2.12. The molecule has 0 aromatic heterocycles. The van der Waals surface area contributed by atoms with Crippen LogP contribution in [-0.4, -0.2) is 19.6 Å². The van der Waals surface area contributed by atoms with Crippen molar-refractivity contribution in [3.63, 3.8) is 0 Å². The van der Waals surface area contributed by atoms with Gasteiger partial charge in [0.25, 0.3) is 0 Å². The van der Waals surface area contributed by atoms with Crippen LogP contribution in [0.25, 0.3) is 0 Å². The van der Waals surface area contributed by atoms with Crippen molar-refractivity contribution < 1.29 is 9.53 Å². The monoisotopic (exact) mass is 113 g/mol. The van der Waals surface area contributed by atoms with Crippen LogP contribution in [0.1, 0.15) is 0 Å². The standard InChI is InChI=1S/C5H7NO2/c1-6-4-2-3-8-5(4)7/h2,6H,3H2,1H3. The van der Waals surface area contributed by atoms with Crippen molar-refractivity contribution in [3.05, 3.63) is 11.8 Å². The molecule has 0 saturated heterocycles. The Kier molecular flexibility index (Phi) is 1.20. The molecule has 0 amide bonds. The summed E-state index contributed by atoms with van der Waals surface area (Å²) in [5.41, 5.74) is 0.560. The molecule has 0 spiro atoms. The number of hydrogen-bond acceptors (Lipinski definition) is 3. The highest BCUT2D eigenvalue weighted by Gasteiger charge is 2.13. The summed E-state index contributed by atoms with van der Waals surface area (Å²) in [5.74, 6) is -0.257. The first-order chi connectivity index (χ1) is 3.84. The highest BCUT2D eigenvalue weighted by Crippen LogP contribution is 2.00. The Bertz CT molecular complexity index is 139. The zero-order chi connectivity index (χ0) is 5.98. The minimum absolute atomic E-state index is 0.257. The van der Waals surface area contributed by atoms with Gasteiger partial charge in [-0.25, -0.2) is 4.79 Å². The minimum atomic E-state index is -0.257. The predicted molar refractivity (Wildman–Crippen MR) is 28.1 cm³/mol. The average Bonchev–Trinajstić information content (AvgIpc) is 2.14. The first-order valence-corrected chi connectivity index (χ1v) is 2.39. The van der Waals surface area contributed by atoms with Gasteiger partial charge in [0.1, 0.15) is 12.3 Å². The van der Waals surface area contributed by atoms with E-state index in [1.54, 1.807) is 13.1 Å². The molecule has 0 aromatic carbocycles. The lowest BCUT2D eigenvalue weighted by molar-refractivity contribution is -0.136. The Labute approximate surface area is 47.3 Å². The Hall–Kier alpha value is -0.990. The molecule has 1 aliphatic rings. The Morgan fingerprint density at radius 2 is 2.62 bits per heavy atom. The van der Waals surface area contributed by atoms with Gasteiger partial charge in [0.05, 0.1) is 0 Å². The number of rotatable bonds is 1. The quantitative estimate of drug-likeness (QED) is 0.472. The number of likely N-dealkylation sites (N-methyl/N-ethyl adjacent to an activating group) is 1. The van der Waals surface area contributed by atoms with Gasteiger partial charge < -0.3 is 10.1 Å². The fourth-order valence-corrected chi connectivity index (χ4v) is 0.566. The van der Waals surface area contributed by atoms with Crippen LogP contribution in [0.5, 0.6) is 0 Å². The van der Waals surface area contributed by atoms with Crippen LogP contribution in [0.15, 0.2) is 11.8 Å². The number of ether oxygens (including phenoxy) is 1. The van der Waals surface area contributed by atoms with Crippen LogP contribution in [0, 0.1) is 0 Å². The molecule has 0 aromatic rings. The SMILES string of the molecule is CNC1=CCOC1=O. The van der Waals surface area contributed by atoms with E-state index in [1.807, 2.05) is 0 Å². The lowest BCUT2D eigenvalue weighted by Gasteiger charge is -1.93. The Morgan fingerprint density at radius 3 is 2.88 bits per heavy atom. The van der Waals surface area contributed by atoms with Crippen LogP contribution in [0.4, 0.5) is 0 Å². The zero-order valence-electron chi connectivity index (χ0n) is 4.60. The summed E-state index contributed by atoms with van der Waals surface area (Å²) in [6.07, 6.45) is 1.71. The molecule has 0 bridgehead atoms. The fourth-order valence-electron chi connectivity index (χ4n) is 0.566. The van der Waals surface area contributed by atoms with E-state index in [2.05, 4.69) is 10.1 Å². The van der Waals surface area contributed by atoms with E-state index in [1.165, 1.54) is 0 Å². The third kappa shape index (κ3) is 0.665. The minimum Gasteiger partial charge on any atom is -0.457 e. The summed E-state index contributed by atoms with van der Waals surface area (Å²) >= 11 is 0. The van der Waals surface area contributed by atoms with E-state index < -0.39 is 0 Å². The molecule has 1 aliphatic heterocycles. The van der Waals surface area contributed by atoms with E-state index in [4.69, 9.17) is 0 Å². The number of carbonyl (C=O) groups excluding carboxylic acids is 1. The molecule has 0 radical (unpaired) electrons. The number of nitrogens with one attached hydrogen (secondary N) is 1. The van der Waals surface area contributed by atoms with Crippen molar-refractivity contribution in [2.75, 3.05) is 13.7 Å². The van der Waals surface area contributed by atoms with Crippen molar-refractivity contribution in [1.82, 2.24) is 5.32 Å². The van der Waals surface area contributed by atoms with Gasteiger partial charge in [-0.2, -0.15) is 0 Å². The molecule has 3 nitrogen and oxygen atoms in total. The topological polar surface area (TPSA) is 38.3 Å². The first-order valence-electron chi connectivity index (χ1n) is 2.39. The second-order valence-corrected chi connectivity index (χ2v) is 1.47. The van der Waals surface area contributed by atoms with E-state index in [0.29, 0.717) is 12.3 Å². The van der Waals surface area contributed by atoms with E-state index in [-0.39, 0.29) is 5.97 Å². The molecule has 0 unspecified atom stereocenters. The number of esters is 1. The smallest absolute Gasteiger partial charge is 0.354 e. The third-order valence-electron chi connectivity index (χ3n) is 0.991. The zero-order valence-corrected chi connectivity index (χ0v) is 4.60. The summed E-state index contributed by atoms with van der Waals surface area (Å²) in [5, 5.41) is 2.70. The molecule has 0 aliphatic carbocycles. The maximum absolute atomic E-state index is 10.5. The van der Waals surface area contributed by atoms with E-state index >= 15 is 0 Å². The number of hydrogen-bond donors (Lipinski definition) is 1. The van der Waals surface area contributed by atoms with Gasteiger partial charge in [0.2, 0.25) is 0 Å². The Balaban J connectivity index is 2.62. The molecular weight excluding hydrogens is 106 g/mol. The Morgan fingerprint density at radius 1 is 1.88 bits per heavy atom. The average molecular weight is 113 g/mol. The highest BCUT2D eigenvalue weighted by molar-refractivity contribution is 5.89. The normalized spacial score (nSPS) is 17.6. The van der Waals surface area contributed by atoms with Gasteiger partial charge in [-0.15, -0.1) is 0 Å². The maximum Gasteiger partial charge on any atom is 0.354 e. The molecule has 0 atom stereocenters. The van der Waals surface area contributed by atoms with Crippen molar-refractivity contribution in [2.45, 2.75) is 0 Å². The van der Waals surface area contributed by atoms with Crippen LogP contribution in [0.3, 0.4) is 0 Å². The van der Waals surface area contributed by atoms with Gasteiger partial charge in [0.15, 0.2) is 0 Å². The number of carbonyl (C=O) groups is 1. The van der Waals surface area contributed by atoms with Crippen molar-refractivity contribution in [2.24, 2.45) is 0 Å². The molecule has 1 rings (SSSR count). The van der Waals surface area contributed by atoms with Crippen LogP contribution >= 0.6 is 0 Å². The second-order valence-electron chi connectivity index (χ2n) is 1.47. The lowest BCUT2D eigenvalue weighted by atomic mass is 10.4. The largest absolute Gasteiger partial charge is 0.457 e. The molecule has 8 heavy (non-hydrogen) atoms. The molecule has 0 saturated carbocycles. The van der Waals surface area contributed by atoms with E-state index in [0.717, 1.165) is 0 Å². The molecule has 0 fully saturated rings. The van der Waals surface area contributed by atoms with Gasteiger partial charge in [-0.1, -0.05) is 0 Å². The summed E-state index contributed by atoms with van der Waals surface area (Å²) in [6, 6.07) is 0. The van der Waals surface area contributed by atoms with Gasteiger partial charge in [-0.3, -0.25) is 0 Å². The van der Waals surface area contributed by atoms with Crippen LogP contribution in [-0.2, 0) is 9.53 Å². The highest BCUT2D eigenvalue weighted by atomic mass is 16.5. The summed E-state index contributed by atoms with van der Waals surface area (Å²) in [4.78, 5) is 10.5. The summed E-state index contributed by atoms with van der Waals surface area (Å²) in [6.45, 7) is 0.412.